The van der Waals surface area contributed by atoms with Crippen molar-refractivity contribution in [3.8, 4) is 0 Å². The molecule has 0 saturated heterocycles. The van der Waals surface area contributed by atoms with Gasteiger partial charge in [0.05, 0.1) is 11.9 Å². The molecule has 0 spiro atoms. The highest BCUT2D eigenvalue weighted by molar-refractivity contribution is 7.92. The van der Waals surface area contributed by atoms with Gasteiger partial charge in [0, 0.05) is 11.6 Å². The molecule has 1 rings (SSSR count). The van der Waals surface area contributed by atoms with Gasteiger partial charge in [-0.25, -0.2) is 12.8 Å². The Hall–Kier alpha value is -0.850. The van der Waals surface area contributed by atoms with Crippen LogP contribution in [0.3, 0.4) is 0 Å². The number of aryl methyl sites for hydroxylation is 1. The summed E-state index contributed by atoms with van der Waals surface area (Å²) in [6, 6.07) is 2.27. The first-order valence-corrected chi connectivity index (χ1v) is 6.63. The van der Waals surface area contributed by atoms with Crippen LogP contribution in [0.25, 0.3) is 0 Å². The van der Waals surface area contributed by atoms with E-state index in [1.165, 1.54) is 0 Å². The highest BCUT2D eigenvalue weighted by atomic mass is 35.5. The van der Waals surface area contributed by atoms with Crippen molar-refractivity contribution in [2.45, 2.75) is 19.9 Å². The van der Waals surface area contributed by atoms with Crippen LogP contribution >= 0.6 is 12.4 Å². The lowest BCUT2D eigenvalue weighted by molar-refractivity contribution is 0.593. The van der Waals surface area contributed by atoms with Gasteiger partial charge in [-0.15, -0.1) is 12.4 Å². The highest BCUT2D eigenvalue weighted by Gasteiger charge is 2.12. The van der Waals surface area contributed by atoms with E-state index in [4.69, 9.17) is 5.73 Å². The van der Waals surface area contributed by atoms with E-state index in [1.807, 2.05) is 0 Å². The molecule has 7 heteroatoms. The van der Waals surface area contributed by atoms with E-state index in [1.54, 1.807) is 19.9 Å². The molecule has 1 atom stereocenters. The van der Waals surface area contributed by atoms with Crippen LogP contribution in [0, 0.1) is 12.7 Å². The quantitative estimate of drug-likeness (QED) is 0.890. The summed E-state index contributed by atoms with van der Waals surface area (Å²) in [5.41, 5.74) is 6.83. The van der Waals surface area contributed by atoms with Crippen LogP contribution in [0.15, 0.2) is 12.1 Å². The Kier molecular flexibility index (Phi) is 5.38. The Bertz CT molecular complexity index is 503. The molecule has 0 bridgehead atoms. The molecule has 1 aromatic rings. The molecule has 0 heterocycles. The summed E-state index contributed by atoms with van der Waals surface area (Å²) in [5, 5.41) is 0. The molecule has 0 aliphatic heterocycles. The van der Waals surface area contributed by atoms with Gasteiger partial charge in [-0.3, -0.25) is 4.72 Å². The van der Waals surface area contributed by atoms with E-state index >= 15 is 0 Å². The maximum Gasteiger partial charge on any atom is 0.229 e. The number of benzene rings is 1. The maximum atomic E-state index is 13.5. The Labute approximate surface area is 107 Å². The Morgan fingerprint density at radius 3 is 2.35 bits per heavy atom. The lowest BCUT2D eigenvalue weighted by atomic mass is 10.0. The van der Waals surface area contributed by atoms with Crippen LogP contribution in [-0.4, -0.2) is 14.7 Å². The number of hydrogen-bond acceptors (Lipinski definition) is 3. The summed E-state index contributed by atoms with van der Waals surface area (Å²) in [7, 11) is -3.40. The fourth-order valence-corrected chi connectivity index (χ4v) is 1.98. The lowest BCUT2D eigenvalue weighted by Gasteiger charge is -2.13. The second kappa shape index (κ2) is 5.66. The Balaban J connectivity index is 0.00000256. The first kappa shape index (κ1) is 16.1. The van der Waals surface area contributed by atoms with Crippen molar-refractivity contribution in [3.05, 3.63) is 29.1 Å². The van der Waals surface area contributed by atoms with Gasteiger partial charge in [-0.05, 0) is 31.5 Å². The zero-order chi connectivity index (χ0) is 12.5. The largest absolute Gasteiger partial charge is 0.324 e. The van der Waals surface area contributed by atoms with Gasteiger partial charge in [0.15, 0.2) is 0 Å². The molecule has 0 amide bonds. The third kappa shape index (κ3) is 4.49. The predicted molar refractivity (Wildman–Crippen MR) is 69.5 cm³/mol. The topological polar surface area (TPSA) is 72.2 Å². The van der Waals surface area contributed by atoms with Crippen LogP contribution in [0.1, 0.15) is 24.1 Å². The van der Waals surface area contributed by atoms with Gasteiger partial charge in [-0.2, -0.15) is 0 Å². The molecule has 0 fully saturated rings. The molecule has 0 aromatic heterocycles. The summed E-state index contributed by atoms with van der Waals surface area (Å²) >= 11 is 0. The van der Waals surface area contributed by atoms with Crippen LogP contribution in [0.4, 0.5) is 10.1 Å². The van der Waals surface area contributed by atoms with Gasteiger partial charge in [0.1, 0.15) is 5.82 Å². The maximum absolute atomic E-state index is 13.5. The SMILES string of the molecule is Cc1cc(C(C)N)c(F)cc1NS(C)(=O)=O.Cl. The number of nitrogens with one attached hydrogen (secondary N) is 1. The Morgan fingerprint density at radius 2 is 1.94 bits per heavy atom. The summed E-state index contributed by atoms with van der Waals surface area (Å²) in [5.74, 6) is -0.508. The zero-order valence-electron chi connectivity index (χ0n) is 9.82. The molecule has 3 N–H and O–H groups in total. The average molecular weight is 283 g/mol. The smallest absolute Gasteiger partial charge is 0.229 e. The summed E-state index contributed by atoms with van der Waals surface area (Å²) in [6.07, 6.45) is 1.02. The Morgan fingerprint density at radius 1 is 1.41 bits per heavy atom. The van der Waals surface area contributed by atoms with Gasteiger partial charge < -0.3 is 5.73 Å². The van der Waals surface area contributed by atoms with E-state index in [9.17, 15) is 12.8 Å². The van der Waals surface area contributed by atoms with E-state index in [2.05, 4.69) is 4.72 Å². The van der Waals surface area contributed by atoms with Crippen LogP contribution < -0.4 is 10.5 Å². The number of anilines is 1. The monoisotopic (exact) mass is 282 g/mol. The van der Waals surface area contributed by atoms with E-state index in [0.29, 0.717) is 11.1 Å². The molecular formula is C10H16ClFN2O2S. The molecule has 0 radical (unpaired) electrons. The first-order valence-electron chi connectivity index (χ1n) is 4.74. The minimum Gasteiger partial charge on any atom is -0.324 e. The van der Waals surface area contributed by atoms with Gasteiger partial charge in [0.25, 0.3) is 0 Å². The average Bonchev–Trinajstić information content (AvgIpc) is 2.07. The standard InChI is InChI=1S/C10H15FN2O2S.ClH/c1-6-4-8(7(2)12)9(11)5-10(6)13-16(3,14)15;/h4-5,7,13H,12H2,1-3H3;1H. The molecule has 0 aliphatic carbocycles. The minimum absolute atomic E-state index is 0. The number of sulfonamides is 1. The van der Waals surface area contributed by atoms with Crippen molar-refractivity contribution < 1.29 is 12.8 Å². The highest BCUT2D eigenvalue weighted by Crippen LogP contribution is 2.23. The molecule has 1 unspecified atom stereocenters. The van der Waals surface area contributed by atoms with Crippen molar-refractivity contribution in [1.29, 1.82) is 0 Å². The van der Waals surface area contributed by atoms with Crippen molar-refractivity contribution in [3.63, 3.8) is 0 Å². The number of nitrogens with two attached hydrogens (primary N) is 1. The fourth-order valence-electron chi connectivity index (χ4n) is 1.36. The van der Waals surface area contributed by atoms with E-state index in [0.717, 1.165) is 12.3 Å². The summed E-state index contributed by atoms with van der Waals surface area (Å²) in [4.78, 5) is 0. The van der Waals surface area contributed by atoms with Crippen molar-refractivity contribution in [2.75, 3.05) is 11.0 Å². The second-order valence-corrected chi connectivity index (χ2v) is 5.60. The van der Waals surface area contributed by atoms with Crippen LogP contribution in [0.2, 0.25) is 0 Å². The molecule has 0 aliphatic rings. The van der Waals surface area contributed by atoms with Gasteiger partial charge >= 0.3 is 0 Å². The minimum atomic E-state index is -3.40. The van der Waals surface area contributed by atoms with Gasteiger partial charge in [0.2, 0.25) is 10.0 Å². The number of hydrogen-bond donors (Lipinski definition) is 2. The molecule has 4 nitrogen and oxygen atoms in total. The summed E-state index contributed by atoms with van der Waals surface area (Å²) in [6.45, 7) is 3.36. The predicted octanol–water partition coefficient (Wildman–Crippen LogP) is 1.95. The molecule has 98 valence electrons. The normalized spacial score (nSPS) is 12.8. The summed E-state index contributed by atoms with van der Waals surface area (Å²) < 4.78 is 37.8. The molecule has 17 heavy (non-hydrogen) atoms. The molecular weight excluding hydrogens is 267 g/mol. The van der Waals surface area contributed by atoms with Crippen molar-refractivity contribution >= 4 is 28.1 Å². The molecule has 1 aromatic carbocycles. The van der Waals surface area contributed by atoms with Crippen molar-refractivity contribution in [1.82, 2.24) is 0 Å². The third-order valence-electron chi connectivity index (χ3n) is 2.13. The second-order valence-electron chi connectivity index (χ2n) is 3.85. The fraction of sp³-hybridized carbons (Fsp3) is 0.400. The lowest BCUT2D eigenvalue weighted by Crippen LogP contribution is -2.13. The third-order valence-corrected chi connectivity index (χ3v) is 2.72. The van der Waals surface area contributed by atoms with Crippen molar-refractivity contribution in [2.24, 2.45) is 5.73 Å². The van der Waals surface area contributed by atoms with E-state index in [-0.39, 0.29) is 18.1 Å². The van der Waals surface area contributed by atoms with E-state index < -0.39 is 21.9 Å². The van der Waals surface area contributed by atoms with Gasteiger partial charge in [-0.1, -0.05) is 0 Å². The number of rotatable bonds is 3. The van der Waals surface area contributed by atoms with Crippen LogP contribution in [-0.2, 0) is 10.0 Å². The number of halogens is 2. The van der Waals surface area contributed by atoms with Crippen LogP contribution in [0.5, 0.6) is 0 Å². The zero-order valence-corrected chi connectivity index (χ0v) is 11.5. The molecule has 0 saturated carbocycles. The first-order chi connectivity index (χ1) is 7.20.